The summed E-state index contributed by atoms with van der Waals surface area (Å²) in [7, 11) is 1.55. The first-order valence-corrected chi connectivity index (χ1v) is 3.40. The van der Waals surface area contributed by atoms with Crippen molar-refractivity contribution in [2.75, 3.05) is 0 Å². The molecule has 0 radical (unpaired) electrons. The SMILES string of the molecule is Cc1cc(C)c(=O)n(C)c1O. The molecule has 1 aromatic rings. The van der Waals surface area contributed by atoms with Gasteiger partial charge in [0.1, 0.15) is 0 Å². The van der Waals surface area contributed by atoms with Crippen molar-refractivity contribution >= 4 is 0 Å². The summed E-state index contributed by atoms with van der Waals surface area (Å²) in [5, 5.41) is 9.27. The second-order valence-corrected chi connectivity index (χ2v) is 2.70. The summed E-state index contributed by atoms with van der Waals surface area (Å²) in [4.78, 5) is 11.1. The largest absolute Gasteiger partial charge is 0.494 e. The number of hydrogen-bond acceptors (Lipinski definition) is 2. The molecule has 1 N–H and O–H groups in total. The van der Waals surface area contributed by atoms with Crippen LogP contribution in [0.5, 0.6) is 5.88 Å². The zero-order valence-electron chi connectivity index (χ0n) is 6.88. The Morgan fingerprint density at radius 1 is 1.36 bits per heavy atom. The Balaban J connectivity index is 3.59. The lowest BCUT2D eigenvalue weighted by Crippen LogP contribution is -2.19. The molecule has 1 heterocycles. The molecule has 0 amide bonds. The van der Waals surface area contributed by atoms with Gasteiger partial charge in [-0.05, 0) is 19.9 Å². The lowest BCUT2D eigenvalue weighted by molar-refractivity contribution is 0.418. The Bertz CT molecular complexity index is 339. The zero-order valence-corrected chi connectivity index (χ0v) is 6.88. The monoisotopic (exact) mass is 153 g/mol. The van der Waals surface area contributed by atoms with E-state index in [-0.39, 0.29) is 11.4 Å². The van der Waals surface area contributed by atoms with Gasteiger partial charge in [0, 0.05) is 18.2 Å². The number of aromatic nitrogens is 1. The smallest absolute Gasteiger partial charge is 0.255 e. The molecule has 0 saturated carbocycles. The molecule has 1 aromatic heterocycles. The van der Waals surface area contributed by atoms with Crippen LogP contribution in [-0.2, 0) is 7.05 Å². The van der Waals surface area contributed by atoms with E-state index in [1.807, 2.05) is 0 Å². The predicted octanol–water partition coefficient (Wildman–Crippen LogP) is 0.708. The van der Waals surface area contributed by atoms with Gasteiger partial charge in [-0.3, -0.25) is 9.36 Å². The molecule has 0 fully saturated rings. The van der Waals surface area contributed by atoms with Crippen LogP contribution in [0.4, 0.5) is 0 Å². The lowest BCUT2D eigenvalue weighted by atomic mass is 10.2. The summed E-state index contributed by atoms with van der Waals surface area (Å²) in [6, 6.07) is 1.68. The second kappa shape index (κ2) is 2.42. The van der Waals surface area contributed by atoms with Crippen molar-refractivity contribution in [3.8, 4) is 5.88 Å². The quantitative estimate of drug-likeness (QED) is 0.596. The first-order chi connectivity index (χ1) is 5.04. The van der Waals surface area contributed by atoms with Gasteiger partial charge in [-0.25, -0.2) is 0 Å². The van der Waals surface area contributed by atoms with Crippen LogP contribution in [0.15, 0.2) is 10.9 Å². The third kappa shape index (κ3) is 1.13. The predicted molar refractivity (Wildman–Crippen MR) is 42.8 cm³/mol. The molecule has 0 aliphatic carbocycles. The number of pyridine rings is 1. The normalized spacial score (nSPS) is 10.1. The van der Waals surface area contributed by atoms with E-state index in [1.165, 1.54) is 4.57 Å². The second-order valence-electron chi connectivity index (χ2n) is 2.70. The maximum atomic E-state index is 11.1. The molecule has 0 atom stereocenters. The summed E-state index contributed by atoms with van der Waals surface area (Å²) >= 11 is 0. The maximum absolute atomic E-state index is 11.1. The molecule has 1 rings (SSSR count). The highest BCUT2D eigenvalue weighted by molar-refractivity contribution is 5.27. The average molecular weight is 153 g/mol. The van der Waals surface area contributed by atoms with Crippen molar-refractivity contribution in [2.45, 2.75) is 13.8 Å². The van der Waals surface area contributed by atoms with E-state index < -0.39 is 0 Å². The van der Waals surface area contributed by atoms with Gasteiger partial charge in [0.15, 0.2) is 5.88 Å². The van der Waals surface area contributed by atoms with Crippen molar-refractivity contribution in [1.29, 1.82) is 0 Å². The van der Waals surface area contributed by atoms with Gasteiger partial charge in [0.05, 0.1) is 0 Å². The summed E-state index contributed by atoms with van der Waals surface area (Å²) in [5.74, 6) is 0.0422. The highest BCUT2D eigenvalue weighted by Gasteiger charge is 2.03. The molecule has 0 spiro atoms. The van der Waals surface area contributed by atoms with Crippen molar-refractivity contribution in [3.63, 3.8) is 0 Å². The number of rotatable bonds is 0. The minimum absolute atomic E-state index is 0.0422. The first kappa shape index (κ1) is 7.85. The Kier molecular flexibility index (Phi) is 1.72. The summed E-state index contributed by atoms with van der Waals surface area (Å²) in [5.41, 5.74) is 1.24. The Labute approximate surface area is 64.9 Å². The van der Waals surface area contributed by atoms with E-state index in [2.05, 4.69) is 0 Å². The van der Waals surface area contributed by atoms with E-state index in [0.717, 1.165) is 5.56 Å². The number of nitrogens with zero attached hydrogens (tertiary/aromatic N) is 1. The van der Waals surface area contributed by atoms with Crippen molar-refractivity contribution in [3.05, 3.63) is 27.5 Å². The average Bonchev–Trinajstić information content (AvgIpc) is 1.97. The molecular weight excluding hydrogens is 142 g/mol. The number of aromatic hydroxyl groups is 1. The van der Waals surface area contributed by atoms with Crippen LogP contribution in [0, 0.1) is 13.8 Å². The minimum Gasteiger partial charge on any atom is -0.494 e. The van der Waals surface area contributed by atoms with E-state index in [9.17, 15) is 9.90 Å². The standard InChI is InChI=1S/C8H11NO2/c1-5-4-6(2)8(11)9(3)7(5)10/h4,10H,1-3H3. The molecule has 0 aliphatic heterocycles. The fraction of sp³-hybridized carbons (Fsp3) is 0.375. The van der Waals surface area contributed by atoms with Crippen molar-refractivity contribution in [1.82, 2.24) is 4.57 Å². The molecule has 11 heavy (non-hydrogen) atoms. The van der Waals surface area contributed by atoms with Crippen LogP contribution in [-0.4, -0.2) is 9.67 Å². The molecule has 0 aromatic carbocycles. The molecular formula is C8H11NO2. The van der Waals surface area contributed by atoms with Crippen molar-refractivity contribution < 1.29 is 5.11 Å². The summed E-state index contributed by atoms with van der Waals surface area (Å²) < 4.78 is 1.24. The number of aryl methyl sites for hydroxylation is 2. The Morgan fingerprint density at radius 3 is 2.45 bits per heavy atom. The fourth-order valence-corrected chi connectivity index (χ4v) is 1.08. The minimum atomic E-state index is -0.145. The molecule has 0 bridgehead atoms. The Morgan fingerprint density at radius 2 is 1.91 bits per heavy atom. The van der Waals surface area contributed by atoms with E-state index >= 15 is 0 Å². The van der Waals surface area contributed by atoms with E-state index in [4.69, 9.17) is 0 Å². The Hall–Kier alpha value is -1.25. The topological polar surface area (TPSA) is 42.2 Å². The van der Waals surface area contributed by atoms with Crippen LogP contribution < -0.4 is 5.56 Å². The van der Waals surface area contributed by atoms with Crippen LogP contribution in [0.1, 0.15) is 11.1 Å². The van der Waals surface area contributed by atoms with Gasteiger partial charge >= 0.3 is 0 Å². The maximum Gasteiger partial charge on any atom is 0.255 e. The summed E-state index contributed by atoms with van der Waals surface area (Å²) in [6.45, 7) is 3.50. The lowest BCUT2D eigenvalue weighted by Gasteiger charge is -2.05. The van der Waals surface area contributed by atoms with Crippen LogP contribution >= 0.6 is 0 Å². The summed E-state index contributed by atoms with van der Waals surface area (Å²) in [6.07, 6.45) is 0. The molecule has 3 heteroatoms. The third-order valence-corrected chi connectivity index (χ3v) is 1.75. The van der Waals surface area contributed by atoms with E-state index in [0.29, 0.717) is 5.56 Å². The van der Waals surface area contributed by atoms with Crippen LogP contribution in [0.3, 0.4) is 0 Å². The highest BCUT2D eigenvalue weighted by Crippen LogP contribution is 2.11. The molecule has 3 nitrogen and oxygen atoms in total. The van der Waals surface area contributed by atoms with Crippen molar-refractivity contribution in [2.24, 2.45) is 7.05 Å². The molecule has 60 valence electrons. The van der Waals surface area contributed by atoms with E-state index in [1.54, 1.807) is 27.0 Å². The fourth-order valence-electron chi connectivity index (χ4n) is 1.08. The first-order valence-electron chi connectivity index (χ1n) is 3.40. The van der Waals surface area contributed by atoms with Gasteiger partial charge in [-0.15, -0.1) is 0 Å². The van der Waals surface area contributed by atoms with Gasteiger partial charge in [-0.2, -0.15) is 0 Å². The van der Waals surface area contributed by atoms with Gasteiger partial charge < -0.3 is 5.11 Å². The number of hydrogen-bond donors (Lipinski definition) is 1. The molecule has 0 unspecified atom stereocenters. The molecule has 0 aliphatic rings. The van der Waals surface area contributed by atoms with Gasteiger partial charge in [-0.1, -0.05) is 0 Å². The zero-order chi connectivity index (χ0) is 8.59. The van der Waals surface area contributed by atoms with Crippen LogP contribution in [0.2, 0.25) is 0 Å². The van der Waals surface area contributed by atoms with Gasteiger partial charge in [0.25, 0.3) is 5.56 Å². The van der Waals surface area contributed by atoms with Gasteiger partial charge in [0.2, 0.25) is 0 Å². The third-order valence-electron chi connectivity index (χ3n) is 1.75. The molecule has 0 saturated heterocycles. The van der Waals surface area contributed by atoms with Crippen LogP contribution in [0.25, 0.3) is 0 Å². The highest BCUT2D eigenvalue weighted by atomic mass is 16.3.